The minimum absolute atomic E-state index is 0.113. The third kappa shape index (κ3) is 6.01. The SMILES string of the molecule is Cc1cc(CN2CCC3(CCCCNC(=O)c4ccccc4OCCNC3=O)CC2)c(C)n1-c1cccnc1. The van der Waals surface area contributed by atoms with E-state index in [1.807, 2.05) is 24.4 Å². The molecule has 2 aliphatic rings. The first-order valence-electron chi connectivity index (χ1n) is 14.1. The van der Waals surface area contributed by atoms with Crippen LogP contribution in [0, 0.1) is 19.3 Å². The maximum absolute atomic E-state index is 13.5. The van der Waals surface area contributed by atoms with Crippen LogP contribution >= 0.6 is 0 Å². The predicted molar refractivity (Wildman–Crippen MR) is 151 cm³/mol. The minimum atomic E-state index is -0.380. The van der Waals surface area contributed by atoms with Gasteiger partial charge in [0.1, 0.15) is 12.4 Å². The molecule has 206 valence electrons. The maximum Gasteiger partial charge on any atom is 0.255 e. The Morgan fingerprint density at radius 3 is 2.59 bits per heavy atom. The zero-order valence-electron chi connectivity index (χ0n) is 23.0. The second kappa shape index (κ2) is 12.0. The Kier molecular flexibility index (Phi) is 8.31. The van der Waals surface area contributed by atoms with Crippen LogP contribution in [0.2, 0.25) is 0 Å². The maximum atomic E-state index is 13.5. The van der Waals surface area contributed by atoms with Gasteiger partial charge in [-0.2, -0.15) is 0 Å². The van der Waals surface area contributed by atoms with Crippen molar-refractivity contribution < 1.29 is 14.3 Å². The summed E-state index contributed by atoms with van der Waals surface area (Å²) in [4.78, 5) is 32.9. The van der Waals surface area contributed by atoms with Crippen molar-refractivity contribution in [2.75, 3.05) is 32.8 Å². The molecular formula is C31H39N5O3. The number of aromatic nitrogens is 2. The molecule has 2 aromatic heterocycles. The van der Waals surface area contributed by atoms with Gasteiger partial charge in [-0.25, -0.2) is 0 Å². The molecule has 0 atom stereocenters. The fraction of sp³-hybridized carbons (Fsp3) is 0.452. The Morgan fingerprint density at radius 2 is 1.79 bits per heavy atom. The standard InChI is InChI=1S/C31H39N5O3/c1-23-20-25(24(2)36(23)26-8-7-14-32-21-26)22-35-17-12-31(13-18-35)11-5-6-15-33-29(37)27-9-3-4-10-28(27)39-19-16-34-30(31)38/h3-4,7-10,14,20-21H,5-6,11-13,15-19,22H2,1-2H3,(H,33,37)(H,34,38). The molecule has 1 saturated heterocycles. The molecule has 2 aliphatic heterocycles. The number of carbonyl (C=O) groups is 2. The molecule has 1 spiro atoms. The molecule has 1 aromatic carbocycles. The summed E-state index contributed by atoms with van der Waals surface area (Å²) in [5, 5.41) is 6.17. The molecule has 5 rings (SSSR count). The number of likely N-dealkylation sites (tertiary alicyclic amines) is 1. The van der Waals surface area contributed by atoms with E-state index in [1.54, 1.807) is 18.3 Å². The zero-order chi connectivity index (χ0) is 27.2. The lowest BCUT2D eigenvalue weighted by Crippen LogP contribution is -2.49. The highest BCUT2D eigenvalue weighted by Crippen LogP contribution is 2.38. The molecule has 2 N–H and O–H groups in total. The van der Waals surface area contributed by atoms with Gasteiger partial charge >= 0.3 is 0 Å². The van der Waals surface area contributed by atoms with E-state index in [1.165, 1.54) is 17.0 Å². The number of para-hydroxylation sites is 1. The molecule has 8 heteroatoms. The third-order valence-corrected chi connectivity index (χ3v) is 8.27. The summed E-state index contributed by atoms with van der Waals surface area (Å²) in [6, 6.07) is 13.6. The molecule has 3 aromatic rings. The van der Waals surface area contributed by atoms with Gasteiger partial charge in [-0.3, -0.25) is 19.5 Å². The van der Waals surface area contributed by atoms with Gasteiger partial charge in [0.15, 0.2) is 0 Å². The molecule has 4 heterocycles. The van der Waals surface area contributed by atoms with E-state index in [4.69, 9.17) is 4.74 Å². The molecule has 0 aliphatic carbocycles. The number of carbonyl (C=O) groups excluding carboxylic acids is 2. The number of piperidine rings is 1. The number of ether oxygens (including phenoxy) is 1. The average Bonchev–Trinajstić information content (AvgIpc) is 3.23. The van der Waals surface area contributed by atoms with Crippen molar-refractivity contribution in [2.24, 2.45) is 5.41 Å². The minimum Gasteiger partial charge on any atom is -0.491 e. The quantitative estimate of drug-likeness (QED) is 0.532. The number of aryl methyl sites for hydroxylation is 1. The first-order chi connectivity index (χ1) is 19.0. The molecule has 0 bridgehead atoms. The van der Waals surface area contributed by atoms with E-state index in [9.17, 15) is 9.59 Å². The fourth-order valence-electron chi connectivity index (χ4n) is 6.02. The number of rotatable bonds is 3. The average molecular weight is 530 g/mol. The van der Waals surface area contributed by atoms with Gasteiger partial charge in [-0.05, 0) is 88.5 Å². The van der Waals surface area contributed by atoms with Gasteiger partial charge in [0.25, 0.3) is 5.91 Å². The van der Waals surface area contributed by atoms with Crippen LogP contribution in [-0.2, 0) is 11.3 Å². The van der Waals surface area contributed by atoms with Gasteiger partial charge < -0.3 is 19.9 Å². The molecule has 0 unspecified atom stereocenters. The lowest BCUT2D eigenvalue weighted by molar-refractivity contribution is -0.134. The molecule has 2 amide bonds. The van der Waals surface area contributed by atoms with Crippen molar-refractivity contribution in [3.05, 3.63) is 77.4 Å². The summed E-state index contributed by atoms with van der Waals surface area (Å²) in [5.41, 5.74) is 4.99. The summed E-state index contributed by atoms with van der Waals surface area (Å²) >= 11 is 0. The highest BCUT2D eigenvalue weighted by Gasteiger charge is 2.40. The van der Waals surface area contributed by atoms with Crippen LogP contribution in [-0.4, -0.2) is 59.1 Å². The first-order valence-corrected chi connectivity index (χ1v) is 14.1. The van der Waals surface area contributed by atoms with Gasteiger partial charge in [-0.15, -0.1) is 0 Å². The largest absolute Gasteiger partial charge is 0.491 e. The van der Waals surface area contributed by atoms with Crippen LogP contribution < -0.4 is 15.4 Å². The Labute approximate surface area is 230 Å². The van der Waals surface area contributed by atoms with Crippen LogP contribution in [0.3, 0.4) is 0 Å². The number of nitrogens with zero attached hydrogens (tertiary/aromatic N) is 3. The van der Waals surface area contributed by atoms with Gasteiger partial charge in [-0.1, -0.05) is 18.6 Å². The molecule has 0 saturated carbocycles. The van der Waals surface area contributed by atoms with E-state index < -0.39 is 0 Å². The number of hydrogen-bond donors (Lipinski definition) is 2. The number of fused-ring (bicyclic) bond motifs is 1. The summed E-state index contributed by atoms with van der Waals surface area (Å²) in [7, 11) is 0. The van der Waals surface area contributed by atoms with Crippen LogP contribution in [0.1, 0.15) is 59.4 Å². The molecule has 39 heavy (non-hydrogen) atoms. The lowest BCUT2D eigenvalue weighted by Gasteiger charge is -2.41. The number of nitrogens with one attached hydrogen (secondary N) is 2. The van der Waals surface area contributed by atoms with E-state index in [-0.39, 0.29) is 17.2 Å². The fourth-order valence-corrected chi connectivity index (χ4v) is 6.02. The van der Waals surface area contributed by atoms with Crippen LogP contribution in [0.4, 0.5) is 0 Å². The van der Waals surface area contributed by atoms with E-state index >= 15 is 0 Å². The Bertz CT molecular complexity index is 1290. The monoisotopic (exact) mass is 529 g/mol. The topological polar surface area (TPSA) is 88.5 Å². The van der Waals surface area contributed by atoms with Crippen molar-refractivity contribution in [3.8, 4) is 11.4 Å². The number of amides is 2. The zero-order valence-corrected chi connectivity index (χ0v) is 23.0. The van der Waals surface area contributed by atoms with Crippen molar-refractivity contribution in [1.29, 1.82) is 0 Å². The highest BCUT2D eigenvalue weighted by atomic mass is 16.5. The first kappa shape index (κ1) is 26.9. The van der Waals surface area contributed by atoms with Gasteiger partial charge in [0.2, 0.25) is 5.91 Å². The van der Waals surface area contributed by atoms with Crippen molar-refractivity contribution in [3.63, 3.8) is 0 Å². The van der Waals surface area contributed by atoms with E-state index in [2.05, 4.69) is 51.1 Å². The Hall–Kier alpha value is -3.65. The second-order valence-electron chi connectivity index (χ2n) is 10.8. The van der Waals surface area contributed by atoms with Crippen LogP contribution in [0.15, 0.2) is 54.9 Å². The summed E-state index contributed by atoms with van der Waals surface area (Å²) in [6.07, 6.45) is 7.93. The normalized spacial score (nSPS) is 18.9. The molecular weight excluding hydrogens is 490 g/mol. The van der Waals surface area contributed by atoms with E-state index in [0.29, 0.717) is 31.0 Å². The molecule has 0 radical (unpaired) electrons. The number of pyridine rings is 1. The highest BCUT2D eigenvalue weighted by molar-refractivity contribution is 5.96. The second-order valence-corrected chi connectivity index (χ2v) is 10.8. The Balaban J connectivity index is 1.23. The number of hydrogen-bond acceptors (Lipinski definition) is 5. The van der Waals surface area contributed by atoms with Crippen LogP contribution in [0.25, 0.3) is 5.69 Å². The van der Waals surface area contributed by atoms with Crippen LogP contribution in [0.5, 0.6) is 5.75 Å². The van der Waals surface area contributed by atoms with Gasteiger partial charge in [0.05, 0.1) is 29.4 Å². The smallest absolute Gasteiger partial charge is 0.255 e. The number of benzene rings is 1. The third-order valence-electron chi connectivity index (χ3n) is 8.27. The summed E-state index contributed by atoms with van der Waals surface area (Å²) in [5.74, 6) is 0.569. The Morgan fingerprint density at radius 1 is 0.974 bits per heavy atom. The summed E-state index contributed by atoms with van der Waals surface area (Å²) < 4.78 is 8.14. The van der Waals surface area contributed by atoms with Crippen molar-refractivity contribution >= 4 is 11.8 Å². The molecule has 1 fully saturated rings. The van der Waals surface area contributed by atoms with Crippen molar-refractivity contribution in [2.45, 2.75) is 52.5 Å². The summed E-state index contributed by atoms with van der Waals surface area (Å²) in [6.45, 7) is 8.27. The van der Waals surface area contributed by atoms with Gasteiger partial charge in [0, 0.05) is 30.7 Å². The molecule has 8 nitrogen and oxygen atoms in total. The van der Waals surface area contributed by atoms with Crippen molar-refractivity contribution in [1.82, 2.24) is 25.1 Å². The lowest BCUT2D eigenvalue weighted by atomic mass is 9.73. The van der Waals surface area contributed by atoms with E-state index in [0.717, 1.165) is 57.4 Å². The predicted octanol–water partition coefficient (Wildman–Crippen LogP) is 4.18.